The minimum Gasteiger partial charge on any atom is -0.330 e. The van der Waals surface area contributed by atoms with Crippen LogP contribution in [0.2, 0.25) is 0 Å². The number of nitrogens with two attached hydrogens (primary N) is 1. The standard InChI is InChI=1S/C14H21N/c1-11-8-9-12(5-2-3-10-15)14-7-4-6-13(11)14/h8-9H,2-7,10,15H2,1H3. The van der Waals surface area contributed by atoms with Crippen LogP contribution < -0.4 is 5.73 Å². The zero-order valence-electron chi connectivity index (χ0n) is 9.68. The Morgan fingerprint density at radius 2 is 1.93 bits per heavy atom. The molecular formula is C14H21N. The number of rotatable bonds is 4. The van der Waals surface area contributed by atoms with Crippen molar-refractivity contribution in [3.8, 4) is 0 Å². The number of unbranched alkanes of at least 4 members (excludes halogenated alkanes) is 1. The summed E-state index contributed by atoms with van der Waals surface area (Å²) in [5.41, 5.74) is 11.9. The van der Waals surface area contributed by atoms with Crippen LogP contribution >= 0.6 is 0 Å². The van der Waals surface area contributed by atoms with E-state index < -0.39 is 0 Å². The smallest absolute Gasteiger partial charge is 0.00772 e. The fourth-order valence-corrected chi connectivity index (χ4v) is 2.65. The lowest BCUT2D eigenvalue weighted by molar-refractivity contribution is 0.740. The largest absolute Gasteiger partial charge is 0.330 e. The van der Waals surface area contributed by atoms with E-state index >= 15 is 0 Å². The first-order valence-electron chi connectivity index (χ1n) is 6.13. The summed E-state index contributed by atoms with van der Waals surface area (Å²) >= 11 is 0. The third-order valence-electron chi connectivity index (χ3n) is 3.52. The summed E-state index contributed by atoms with van der Waals surface area (Å²) in [4.78, 5) is 0. The van der Waals surface area contributed by atoms with Gasteiger partial charge in [-0.15, -0.1) is 0 Å². The van der Waals surface area contributed by atoms with E-state index in [0.29, 0.717) is 0 Å². The minimum atomic E-state index is 0.827. The monoisotopic (exact) mass is 203 g/mol. The molecule has 0 aliphatic heterocycles. The van der Waals surface area contributed by atoms with Gasteiger partial charge in [-0.2, -0.15) is 0 Å². The van der Waals surface area contributed by atoms with Crippen molar-refractivity contribution in [2.75, 3.05) is 6.54 Å². The van der Waals surface area contributed by atoms with Gasteiger partial charge in [0, 0.05) is 0 Å². The topological polar surface area (TPSA) is 26.0 Å². The Balaban J connectivity index is 2.15. The van der Waals surface area contributed by atoms with Crippen molar-refractivity contribution in [1.82, 2.24) is 0 Å². The fraction of sp³-hybridized carbons (Fsp3) is 0.571. The van der Waals surface area contributed by atoms with Crippen molar-refractivity contribution >= 4 is 0 Å². The van der Waals surface area contributed by atoms with E-state index in [1.54, 1.807) is 16.7 Å². The van der Waals surface area contributed by atoms with Gasteiger partial charge < -0.3 is 5.73 Å². The average molecular weight is 203 g/mol. The van der Waals surface area contributed by atoms with E-state index in [9.17, 15) is 0 Å². The Morgan fingerprint density at radius 1 is 1.13 bits per heavy atom. The van der Waals surface area contributed by atoms with Gasteiger partial charge in [-0.05, 0) is 74.2 Å². The van der Waals surface area contributed by atoms with Gasteiger partial charge in [-0.1, -0.05) is 12.1 Å². The second-order valence-corrected chi connectivity index (χ2v) is 4.60. The number of hydrogen-bond acceptors (Lipinski definition) is 1. The van der Waals surface area contributed by atoms with Crippen LogP contribution in [0.25, 0.3) is 0 Å². The Bertz CT molecular complexity index is 341. The molecule has 15 heavy (non-hydrogen) atoms. The average Bonchev–Trinajstić information content (AvgIpc) is 2.71. The van der Waals surface area contributed by atoms with Gasteiger partial charge in [0.2, 0.25) is 0 Å². The van der Waals surface area contributed by atoms with E-state index in [-0.39, 0.29) is 0 Å². The van der Waals surface area contributed by atoms with Gasteiger partial charge in [-0.3, -0.25) is 0 Å². The summed E-state index contributed by atoms with van der Waals surface area (Å²) in [5, 5.41) is 0. The molecule has 1 aliphatic carbocycles. The molecule has 2 N–H and O–H groups in total. The van der Waals surface area contributed by atoms with Gasteiger partial charge in [-0.25, -0.2) is 0 Å². The predicted octanol–water partition coefficient (Wildman–Crippen LogP) is 2.77. The summed E-state index contributed by atoms with van der Waals surface area (Å²) in [5.74, 6) is 0. The number of aryl methyl sites for hydroxylation is 2. The van der Waals surface area contributed by atoms with Crippen molar-refractivity contribution < 1.29 is 0 Å². The summed E-state index contributed by atoms with van der Waals surface area (Å²) in [6.45, 7) is 3.07. The van der Waals surface area contributed by atoms with E-state index in [1.807, 2.05) is 0 Å². The SMILES string of the molecule is Cc1ccc(CCCCN)c2c1CCC2. The second-order valence-electron chi connectivity index (χ2n) is 4.60. The molecular weight excluding hydrogens is 182 g/mol. The Labute approximate surface area is 92.7 Å². The van der Waals surface area contributed by atoms with E-state index in [1.165, 1.54) is 37.7 Å². The molecule has 0 radical (unpaired) electrons. The van der Waals surface area contributed by atoms with E-state index in [4.69, 9.17) is 5.73 Å². The summed E-state index contributed by atoms with van der Waals surface area (Å²) in [6, 6.07) is 4.62. The van der Waals surface area contributed by atoms with Crippen molar-refractivity contribution in [1.29, 1.82) is 0 Å². The molecule has 0 aromatic heterocycles. The van der Waals surface area contributed by atoms with Gasteiger partial charge in [0.1, 0.15) is 0 Å². The highest BCUT2D eigenvalue weighted by atomic mass is 14.5. The lowest BCUT2D eigenvalue weighted by Crippen LogP contribution is -2.01. The van der Waals surface area contributed by atoms with Crippen LogP contribution in [0.5, 0.6) is 0 Å². The Hall–Kier alpha value is -0.820. The Kier molecular flexibility index (Phi) is 3.42. The zero-order valence-corrected chi connectivity index (χ0v) is 9.68. The molecule has 1 aromatic rings. The molecule has 0 spiro atoms. The molecule has 0 saturated heterocycles. The third-order valence-corrected chi connectivity index (χ3v) is 3.52. The van der Waals surface area contributed by atoms with Crippen molar-refractivity contribution in [3.63, 3.8) is 0 Å². The first kappa shape index (κ1) is 10.7. The normalized spacial score (nSPS) is 14.3. The minimum absolute atomic E-state index is 0.827. The second kappa shape index (κ2) is 4.80. The van der Waals surface area contributed by atoms with Crippen LogP contribution in [0.4, 0.5) is 0 Å². The van der Waals surface area contributed by atoms with Crippen molar-refractivity contribution in [2.45, 2.75) is 45.4 Å². The maximum absolute atomic E-state index is 5.53. The van der Waals surface area contributed by atoms with Crippen molar-refractivity contribution in [2.24, 2.45) is 5.73 Å². The van der Waals surface area contributed by atoms with Crippen LogP contribution in [-0.4, -0.2) is 6.54 Å². The fourth-order valence-electron chi connectivity index (χ4n) is 2.65. The molecule has 1 aromatic carbocycles. The van der Waals surface area contributed by atoms with Crippen LogP contribution in [-0.2, 0) is 19.3 Å². The molecule has 2 rings (SSSR count). The molecule has 82 valence electrons. The quantitative estimate of drug-likeness (QED) is 0.748. The summed E-state index contributed by atoms with van der Waals surface area (Å²) < 4.78 is 0. The first-order valence-corrected chi connectivity index (χ1v) is 6.13. The van der Waals surface area contributed by atoms with Gasteiger partial charge >= 0.3 is 0 Å². The molecule has 0 atom stereocenters. The molecule has 0 bridgehead atoms. The molecule has 0 saturated carbocycles. The lowest BCUT2D eigenvalue weighted by Gasteiger charge is -2.10. The molecule has 0 unspecified atom stereocenters. The van der Waals surface area contributed by atoms with Crippen LogP contribution in [0, 0.1) is 6.92 Å². The highest BCUT2D eigenvalue weighted by molar-refractivity contribution is 5.43. The Morgan fingerprint density at radius 3 is 2.73 bits per heavy atom. The predicted molar refractivity (Wildman–Crippen MR) is 65.2 cm³/mol. The summed E-state index contributed by atoms with van der Waals surface area (Å²) in [6.07, 6.45) is 7.57. The zero-order chi connectivity index (χ0) is 10.7. The third kappa shape index (κ3) is 2.23. The molecule has 0 heterocycles. The molecule has 1 nitrogen and oxygen atoms in total. The maximum Gasteiger partial charge on any atom is -0.00772 e. The van der Waals surface area contributed by atoms with Gasteiger partial charge in [0.15, 0.2) is 0 Å². The maximum atomic E-state index is 5.53. The molecule has 1 aliphatic rings. The van der Waals surface area contributed by atoms with Gasteiger partial charge in [0.05, 0.1) is 0 Å². The molecule has 0 fully saturated rings. The highest BCUT2D eigenvalue weighted by Gasteiger charge is 2.15. The van der Waals surface area contributed by atoms with Gasteiger partial charge in [0.25, 0.3) is 0 Å². The number of fused-ring (bicyclic) bond motifs is 1. The molecule has 1 heteroatoms. The van der Waals surface area contributed by atoms with Crippen LogP contribution in [0.15, 0.2) is 12.1 Å². The first-order chi connectivity index (χ1) is 7.33. The summed E-state index contributed by atoms with van der Waals surface area (Å²) in [7, 11) is 0. The van der Waals surface area contributed by atoms with E-state index in [2.05, 4.69) is 19.1 Å². The van der Waals surface area contributed by atoms with Crippen LogP contribution in [0.3, 0.4) is 0 Å². The highest BCUT2D eigenvalue weighted by Crippen LogP contribution is 2.29. The van der Waals surface area contributed by atoms with Crippen molar-refractivity contribution in [3.05, 3.63) is 34.4 Å². The molecule has 0 amide bonds. The number of hydrogen-bond donors (Lipinski definition) is 1. The number of benzene rings is 1. The van der Waals surface area contributed by atoms with Crippen LogP contribution in [0.1, 0.15) is 41.5 Å². The van der Waals surface area contributed by atoms with E-state index in [0.717, 1.165) is 13.0 Å². The lowest BCUT2D eigenvalue weighted by atomic mass is 9.96.